The Morgan fingerprint density at radius 2 is 1.92 bits per heavy atom. The van der Waals surface area contributed by atoms with Crippen LogP contribution in [0.1, 0.15) is 19.4 Å². The van der Waals surface area contributed by atoms with Gasteiger partial charge in [-0.25, -0.2) is 0 Å². The van der Waals surface area contributed by atoms with Crippen molar-refractivity contribution in [1.82, 2.24) is 5.32 Å². The van der Waals surface area contributed by atoms with Crippen LogP contribution in [0.25, 0.3) is 0 Å². The van der Waals surface area contributed by atoms with Gasteiger partial charge in [-0.3, -0.25) is 10.1 Å². The highest BCUT2D eigenvalue weighted by atomic mass is 79.9. The van der Waals surface area contributed by atoms with Gasteiger partial charge in [0.1, 0.15) is 5.75 Å². The summed E-state index contributed by atoms with van der Waals surface area (Å²) in [4.78, 5) is 14.0. The molecule has 2 aromatic rings. The molecule has 2 rings (SSSR count). The average Bonchev–Trinajstić information content (AvgIpc) is 2.62. The molecule has 0 bridgehead atoms. The number of ether oxygens (including phenoxy) is 1. The van der Waals surface area contributed by atoms with Crippen molar-refractivity contribution >= 4 is 44.9 Å². The van der Waals surface area contributed by atoms with Gasteiger partial charge in [-0.15, -0.1) is 0 Å². The number of para-hydroxylation sites is 1. The molecule has 2 aromatic carbocycles. The second kappa shape index (κ2) is 9.53. The minimum atomic E-state index is -0.286. The fraction of sp³-hybridized carbons (Fsp3) is 0.263. The summed E-state index contributed by atoms with van der Waals surface area (Å²) in [6.45, 7) is 4.63. The van der Waals surface area contributed by atoms with Crippen LogP contribution in [-0.2, 0) is 11.2 Å². The van der Waals surface area contributed by atoms with Gasteiger partial charge in [-0.1, -0.05) is 31.2 Å². The Labute approximate surface area is 162 Å². The number of carbonyl (C=O) groups excluding carboxylic acids is 1. The number of benzene rings is 2. The van der Waals surface area contributed by atoms with Gasteiger partial charge in [0.2, 0.25) is 0 Å². The van der Waals surface area contributed by atoms with Crippen LogP contribution in [0, 0.1) is 0 Å². The summed E-state index contributed by atoms with van der Waals surface area (Å²) >= 11 is 8.81. The number of aryl methyl sites for hydroxylation is 1. The molecular formula is C19H21BrN2O2S. The van der Waals surface area contributed by atoms with Crippen LogP contribution in [0.15, 0.2) is 53.0 Å². The van der Waals surface area contributed by atoms with Crippen LogP contribution in [0.2, 0.25) is 0 Å². The standard InChI is InChI=1S/C19H21BrN2O2S/c1-3-14-10-11-17(16(20)12-14)24-13-18(23)21-19(25)22(4-2)15-8-6-5-7-9-15/h5-12H,3-4,13H2,1-2H3,(H,21,23,25). The number of nitrogens with one attached hydrogen (secondary N) is 1. The molecule has 4 nitrogen and oxygen atoms in total. The van der Waals surface area contributed by atoms with Gasteiger partial charge < -0.3 is 9.64 Å². The smallest absolute Gasteiger partial charge is 0.264 e. The van der Waals surface area contributed by atoms with Gasteiger partial charge in [0, 0.05) is 12.2 Å². The number of nitrogens with zero attached hydrogens (tertiary/aromatic N) is 1. The molecule has 0 saturated heterocycles. The number of thiocarbonyl (C=S) groups is 1. The van der Waals surface area contributed by atoms with Crippen LogP contribution >= 0.6 is 28.1 Å². The van der Waals surface area contributed by atoms with Crippen molar-refractivity contribution in [1.29, 1.82) is 0 Å². The molecule has 0 heterocycles. The Balaban J connectivity index is 1.92. The number of halogens is 1. The van der Waals surface area contributed by atoms with Gasteiger partial charge in [0.15, 0.2) is 11.7 Å². The van der Waals surface area contributed by atoms with Crippen molar-refractivity contribution in [3.63, 3.8) is 0 Å². The number of hydrogen-bond donors (Lipinski definition) is 1. The largest absolute Gasteiger partial charge is 0.483 e. The van der Waals surface area contributed by atoms with E-state index in [0.717, 1.165) is 16.6 Å². The molecule has 0 aliphatic heterocycles. The van der Waals surface area contributed by atoms with Crippen molar-refractivity contribution in [3.8, 4) is 5.75 Å². The number of anilines is 1. The van der Waals surface area contributed by atoms with E-state index >= 15 is 0 Å². The maximum Gasteiger partial charge on any atom is 0.264 e. The van der Waals surface area contributed by atoms with E-state index in [1.807, 2.05) is 60.4 Å². The monoisotopic (exact) mass is 420 g/mol. The molecule has 0 aliphatic rings. The predicted octanol–water partition coefficient (Wildman–Crippen LogP) is 4.32. The van der Waals surface area contributed by atoms with Crippen LogP contribution in [0.4, 0.5) is 5.69 Å². The third kappa shape index (κ3) is 5.54. The van der Waals surface area contributed by atoms with E-state index in [0.29, 0.717) is 17.4 Å². The van der Waals surface area contributed by atoms with E-state index in [2.05, 4.69) is 28.2 Å². The third-order valence-electron chi connectivity index (χ3n) is 3.64. The quantitative estimate of drug-likeness (QED) is 0.706. The molecule has 25 heavy (non-hydrogen) atoms. The first-order chi connectivity index (χ1) is 12.0. The molecule has 0 spiro atoms. The first-order valence-electron chi connectivity index (χ1n) is 8.12. The van der Waals surface area contributed by atoms with Crippen molar-refractivity contribution in [2.45, 2.75) is 20.3 Å². The summed E-state index contributed by atoms with van der Waals surface area (Å²) in [6.07, 6.45) is 0.944. The summed E-state index contributed by atoms with van der Waals surface area (Å²) < 4.78 is 6.42. The number of carbonyl (C=O) groups is 1. The molecule has 1 N–H and O–H groups in total. The van der Waals surface area contributed by atoms with Crippen molar-refractivity contribution in [3.05, 3.63) is 58.6 Å². The Bertz CT molecular complexity index is 737. The molecule has 0 saturated carbocycles. The minimum Gasteiger partial charge on any atom is -0.483 e. The van der Waals surface area contributed by atoms with Crippen molar-refractivity contribution in [2.24, 2.45) is 0 Å². The molecule has 0 unspecified atom stereocenters. The van der Waals surface area contributed by atoms with E-state index in [4.69, 9.17) is 17.0 Å². The van der Waals surface area contributed by atoms with E-state index < -0.39 is 0 Å². The van der Waals surface area contributed by atoms with Crippen LogP contribution in [0.5, 0.6) is 5.75 Å². The van der Waals surface area contributed by atoms with Gasteiger partial charge >= 0.3 is 0 Å². The zero-order valence-electron chi connectivity index (χ0n) is 14.3. The third-order valence-corrected chi connectivity index (χ3v) is 4.58. The van der Waals surface area contributed by atoms with Gasteiger partial charge in [-0.2, -0.15) is 0 Å². The van der Waals surface area contributed by atoms with E-state index in [1.54, 1.807) is 0 Å². The molecular weight excluding hydrogens is 400 g/mol. The molecule has 0 aliphatic carbocycles. The Morgan fingerprint density at radius 3 is 2.52 bits per heavy atom. The van der Waals surface area contributed by atoms with E-state index in [1.165, 1.54) is 5.56 Å². The first-order valence-corrected chi connectivity index (χ1v) is 9.32. The SMILES string of the molecule is CCc1ccc(OCC(=O)NC(=S)N(CC)c2ccccc2)c(Br)c1. The van der Waals surface area contributed by atoms with Crippen LogP contribution in [0.3, 0.4) is 0 Å². The molecule has 1 amide bonds. The second-order valence-electron chi connectivity index (χ2n) is 5.34. The van der Waals surface area contributed by atoms with Crippen molar-refractivity contribution in [2.75, 3.05) is 18.1 Å². The molecule has 0 fully saturated rings. The summed E-state index contributed by atoms with van der Waals surface area (Å²) in [5, 5.41) is 3.08. The van der Waals surface area contributed by atoms with Gasteiger partial charge in [0.25, 0.3) is 5.91 Å². The molecule has 0 aromatic heterocycles. The highest BCUT2D eigenvalue weighted by Crippen LogP contribution is 2.26. The fourth-order valence-electron chi connectivity index (χ4n) is 2.30. The van der Waals surface area contributed by atoms with E-state index in [-0.39, 0.29) is 12.5 Å². The fourth-order valence-corrected chi connectivity index (χ4v) is 3.19. The number of rotatable bonds is 6. The van der Waals surface area contributed by atoms with Crippen LogP contribution in [-0.4, -0.2) is 24.2 Å². The van der Waals surface area contributed by atoms with Crippen LogP contribution < -0.4 is 15.0 Å². The molecule has 0 atom stereocenters. The summed E-state index contributed by atoms with van der Waals surface area (Å²) in [6, 6.07) is 15.5. The summed E-state index contributed by atoms with van der Waals surface area (Å²) in [7, 11) is 0. The van der Waals surface area contributed by atoms with Crippen molar-refractivity contribution < 1.29 is 9.53 Å². The minimum absolute atomic E-state index is 0.101. The average molecular weight is 421 g/mol. The Hall–Kier alpha value is -1.92. The summed E-state index contributed by atoms with van der Waals surface area (Å²) in [5.41, 5.74) is 2.14. The lowest BCUT2D eigenvalue weighted by molar-refractivity contribution is -0.121. The zero-order chi connectivity index (χ0) is 18.2. The molecule has 132 valence electrons. The number of hydrogen-bond acceptors (Lipinski definition) is 3. The van der Waals surface area contributed by atoms with Gasteiger partial charge in [0.05, 0.1) is 4.47 Å². The first kappa shape index (κ1) is 19.4. The highest BCUT2D eigenvalue weighted by Gasteiger charge is 2.13. The zero-order valence-corrected chi connectivity index (χ0v) is 16.7. The molecule has 0 radical (unpaired) electrons. The Kier molecular flexibility index (Phi) is 7.40. The topological polar surface area (TPSA) is 41.6 Å². The maximum atomic E-state index is 12.1. The number of amides is 1. The predicted molar refractivity (Wildman–Crippen MR) is 109 cm³/mol. The lowest BCUT2D eigenvalue weighted by atomic mass is 10.2. The Morgan fingerprint density at radius 1 is 1.20 bits per heavy atom. The normalized spacial score (nSPS) is 10.2. The van der Waals surface area contributed by atoms with Gasteiger partial charge in [-0.05, 0) is 71.3 Å². The highest BCUT2D eigenvalue weighted by molar-refractivity contribution is 9.10. The molecule has 6 heteroatoms. The van der Waals surface area contributed by atoms with E-state index in [9.17, 15) is 4.79 Å². The lowest BCUT2D eigenvalue weighted by Crippen LogP contribution is -2.44. The second-order valence-corrected chi connectivity index (χ2v) is 6.58. The summed E-state index contributed by atoms with van der Waals surface area (Å²) in [5.74, 6) is 0.347. The lowest BCUT2D eigenvalue weighted by Gasteiger charge is -2.23. The maximum absolute atomic E-state index is 12.1.